The van der Waals surface area contributed by atoms with E-state index in [1.807, 2.05) is 64.1 Å². The third-order valence-corrected chi connectivity index (χ3v) is 5.06. The molecule has 162 valence electrons. The molecule has 5 nitrogen and oxygen atoms in total. The molecule has 1 amide bonds. The van der Waals surface area contributed by atoms with Crippen LogP contribution < -0.4 is 14.8 Å². The summed E-state index contributed by atoms with van der Waals surface area (Å²) in [6.07, 6.45) is 4.69. The Hall–Kier alpha value is -2.82. The van der Waals surface area contributed by atoms with Gasteiger partial charge in [-0.05, 0) is 62.8 Å². The Labute approximate surface area is 179 Å². The predicted molar refractivity (Wildman–Crippen MR) is 119 cm³/mol. The summed E-state index contributed by atoms with van der Waals surface area (Å²) >= 11 is 0. The fourth-order valence-electron chi connectivity index (χ4n) is 3.33. The van der Waals surface area contributed by atoms with E-state index in [1.54, 1.807) is 0 Å². The third-order valence-electron chi connectivity index (χ3n) is 5.06. The summed E-state index contributed by atoms with van der Waals surface area (Å²) in [4.78, 5) is 24.0. The van der Waals surface area contributed by atoms with Gasteiger partial charge in [0.2, 0.25) is 0 Å². The van der Waals surface area contributed by atoms with Gasteiger partial charge < -0.3 is 14.8 Å². The Balaban J connectivity index is 1.54. The largest absolute Gasteiger partial charge is 0.426 e. The first-order valence-corrected chi connectivity index (χ1v) is 10.7. The zero-order chi connectivity index (χ0) is 21.9. The summed E-state index contributed by atoms with van der Waals surface area (Å²) in [5.74, 6) is 1.13. The highest BCUT2D eigenvalue weighted by molar-refractivity contribution is 5.73. The first-order chi connectivity index (χ1) is 14.4. The smallest absolute Gasteiger partial charge is 0.412 e. The van der Waals surface area contributed by atoms with E-state index in [4.69, 9.17) is 9.47 Å². The van der Waals surface area contributed by atoms with Crippen molar-refractivity contribution in [1.82, 2.24) is 5.32 Å². The predicted octanol–water partition coefficient (Wildman–Crippen LogP) is 5.95. The van der Waals surface area contributed by atoms with Gasteiger partial charge in [-0.25, -0.2) is 4.79 Å². The molecular formula is C25H33NO4. The van der Waals surface area contributed by atoms with Crippen molar-refractivity contribution >= 4 is 12.1 Å². The van der Waals surface area contributed by atoms with Crippen molar-refractivity contribution in [2.45, 2.75) is 66.2 Å². The molecule has 0 aliphatic carbocycles. The topological polar surface area (TPSA) is 64.6 Å². The molecule has 0 unspecified atom stereocenters. The van der Waals surface area contributed by atoms with E-state index < -0.39 is 6.09 Å². The zero-order valence-electron chi connectivity index (χ0n) is 18.5. The van der Waals surface area contributed by atoms with Crippen LogP contribution in [-0.2, 0) is 4.79 Å². The molecule has 2 rings (SSSR count). The summed E-state index contributed by atoms with van der Waals surface area (Å²) in [6.45, 7) is 8.32. The van der Waals surface area contributed by atoms with Crippen LogP contribution in [0.5, 0.6) is 11.5 Å². The standard InChI is InChI=1S/C25H33NO4/c1-18-12-10-13-19(2)23(18)29-22(27)16-8-6-5-7-9-17-26-25(28)30-24-20(3)14-11-15-21(24)4/h10-15H,5-9,16-17H2,1-4H3,(H,26,28). The number of unbranched alkanes of at least 4 members (excludes halogenated alkanes) is 4. The Morgan fingerprint density at radius 1 is 0.700 bits per heavy atom. The summed E-state index contributed by atoms with van der Waals surface area (Å²) < 4.78 is 10.9. The van der Waals surface area contributed by atoms with Crippen LogP contribution in [0.1, 0.15) is 60.8 Å². The Morgan fingerprint density at radius 3 is 1.73 bits per heavy atom. The summed E-state index contributed by atoms with van der Waals surface area (Å²) in [5, 5.41) is 2.80. The number of nitrogens with one attached hydrogen (secondary N) is 1. The Kier molecular flexibility index (Phi) is 9.39. The van der Waals surface area contributed by atoms with Crippen molar-refractivity contribution < 1.29 is 19.1 Å². The monoisotopic (exact) mass is 411 g/mol. The van der Waals surface area contributed by atoms with Crippen LogP contribution >= 0.6 is 0 Å². The summed E-state index contributed by atoms with van der Waals surface area (Å²) in [7, 11) is 0. The number of aryl methyl sites for hydroxylation is 4. The first kappa shape index (κ1) is 23.5. The molecule has 5 heteroatoms. The number of carbonyl (C=O) groups is 2. The molecule has 0 aliphatic rings. The number of hydrogen-bond donors (Lipinski definition) is 1. The van der Waals surface area contributed by atoms with Gasteiger partial charge in [0.05, 0.1) is 0 Å². The van der Waals surface area contributed by atoms with Gasteiger partial charge in [0, 0.05) is 13.0 Å². The van der Waals surface area contributed by atoms with Crippen LogP contribution in [0.25, 0.3) is 0 Å². The van der Waals surface area contributed by atoms with Crippen LogP contribution in [-0.4, -0.2) is 18.6 Å². The molecule has 0 atom stereocenters. The summed E-state index contributed by atoms with van der Waals surface area (Å²) in [5.41, 5.74) is 3.85. The second-order valence-corrected chi connectivity index (χ2v) is 7.75. The van der Waals surface area contributed by atoms with Gasteiger partial charge in [0.15, 0.2) is 0 Å². The molecule has 0 radical (unpaired) electrons. The molecule has 30 heavy (non-hydrogen) atoms. The third kappa shape index (κ3) is 7.54. The molecule has 0 saturated carbocycles. The Morgan fingerprint density at radius 2 is 1.17 bits per heavy atom. The number of amides is 1. The minimum absolute atomic E-state index is 0.177. The van der Waals surface area contributed by atoms with E-state index in [0.717, 1.165) is 54.4 Å². The van der Waals surface area contributed by atoms with Gasteiger partial charge in [0.1, 0.15) is 11.5 Å². The quantitative estimate of drug-likeness (QED) is 0.298. The Bertz CT molecular complexity index is 748. The van der Waals surface area contributed by atoms with Crippen molar-refractivity contribution in [3.8, 4) is 11.5 Å². The van der Waals surface area contributed by atoms with E-state index in [9.17, 15) is 9.59 Å². The fraction of sp³-hybridized carbons (Fsp3) is 0.440. The molecule has 0 heterocycles. The molecule has 2 aromatic carbocycles. The number of carbonyl (C=O) groups excluding carboxylic acids is 2. The van der Waals surface area contributed by atoms with Crippen molar-refractivity contribution in [2.75, 3.05) is 6.54 Å². The lowest BCUT2D eigenvalue weighted by Gasteiger charge is -2.11. The molecule has 2 aromatic rings. The second-order valence-electron chi connectivity index (χ2n) is 7.75. The van der Waals surface area contributed by atoms with E-state index in [-0.39, 0.29) is 5.97 Å². The van der Waals surface area contributed by atoms with E-state index in [2.05, 4.69) is 5.32 Å². The summed E-state index contributed by atoms with van der Waals surface area (Å²) in [6, 6.07) is 11.6. The van der Waals surface area contributed by atoms with Gasteiger partial charge in [-0.1, -0.05) is 55.7 Å². The molecule has 0 aliphatic heterocycles. The number of rotatable bonds is 10. The van der Waals surface area contributed by atoms with Crippen LogP contribution in [0.2, 0.25) is 0 Å². The zero-order valence-corrected chi connectivity index (χ0v) is 18.5. The highest BCUT2D eigenvalue weighted by atomic mass is 16.6. The molecule has 0 aromatic heterocycles. The van der Waals surface area contributed by atoms with E-state index >= 15 is 0 Å². The normalized spacial score (nSPS) is 10.5. The van der Waals surface area contributed by atoms with Gasteiger partial charge in [-0.15, -0.1) is 0 Å². The lowest BCUT2D eigenvalue weighted by Crippen LogP contribution is -2.28. The molecular weight excluding hydrogens is 378 g/mol. The van der Waals surface area contributed by atoms with Gasteiger partial charge in [-0.3, -0.25) is 4.79 Å². The van der Waals surface area contributed by atoms with E-state index in [1.165, 1.54) is 0 Å². The maximum atomic E-state index is 12.0. The van der Waals surface area contributed by atoms with Crippen LogP contribution in [0.4, 0.5) is 4.79 Å². The van der Waals surface area contributed by atoms with Crippen LogP contribution in [0, 0.1) is 27.7 Å². The maximum absolute atomic E-state index is 12.0. The van der Waals surface area contributed by atoms with Crippen molar-refractivity contribution in [2.24, 2.45) is 0 Å². The van der Waals surface area contributed by atoms with E-state index in [0.29, 0.717) is 24.5 Å². The van der Waals surface area contributed by atoms with Crippen molar-refractivity contribution in [3.63, 3.8) is 0 Å². The minimum atomic E-state index is -0.415. The number of esters is 1. The number of benzene rings is 2. The molecule has 0 saturated heterocycles. The highest BCUT2D eigenvalue weighted by Crippen LogP contribution is 2.23. The number of ether oxygens (including phenoxy) is 2. The molecule has 0 bridgehead atoms. The second kappa shape index (κ2) is 12.0. The lowest BCUT2D eigenvalue weighted by molar-refractivity contribution is -0.134. The van der Waals surface area contributed by atoms with Gasteiger partial charge in [-0.2, -0.15) is 0 Å². The SMILES string of the molecule is Cc1cccc(C)c1OC(=O)CCCCCCCNC(=O)Oc1c(C)cccc1C. The average Bonchev–Trinajstić information content (AvgIpc) is 2.70. The molecule has 1 N–H and O–H groups in total. The highest BCUT2D eigenvalue weighted by Gasteiger charge is 2.10. The lowest BCUT2D eigenvalue weighted by atomic mass is 10.1. The molecule has 0 fully saturated rings. The fourth-order valence-corrected chi connectivity index (χ4v) is 3.33. The van der Waals surface area contributed by atoms with Crippen molar-refractivity contribution in [1.29, 1.82) is 0 Å². The minimum Gasteiger partial charge on any atom is -0.426 e. The van der Waals surface area contributed by atoms with Gasteiger partial charge in [0.25, 0.3) is 0 Å². The van der Waals surface area contributed by atoms with Crippen LogP contribution in [0.15, 0.2) is 36.4 Å². The van der Waals surface area contributed by atoms with Gasteiger partial charge >= 0.3 is 12.1 Å². The molecule has 0 spiro atoms. The van der Waals surface area contributed by atoms with Crippen LogP contribution in [0.3, 0.4) is 0 Å². The average molecular weight is 412 g/mol. The first-order valence-electron chi connectivity index (χ1n) is 10.7. The van der Waals surface area contributed by atoms with Crippen molar-refractivity contribution in [3.05, 3.63) is 58.7 Å². The maximum Gasteiger partial charge on any atom is 0.412 e. The number of hydrogen-bond acceptors (Lipinski definition) is 4. The number of para-hydroxylation sites is 2.